The molecule has 0 aliphatic carbocycles. The molecule has 2 aromatic carbocycles. The number of carbonyl (C=O) groups excluding carboxylic acids is 1. The lowest BCUT2D eigenvalue weighted by molar-refractivity contribution is -0.120. The second-order valence-electron chi connectivity index (χ2n) is 6.88. The minimum atomic E-state index is -0.0929. The zero-order chi connectivity index (χ0) is 17.7. The molecular weight excluding hydrogens is 326 g/mol. The van der Waals surface area contributed by atoms with Crippen LogP contribution in [0, 0.1) is 6.92 Å². The second kappa shape index (κ2) is 5.73. The predicted molar refractivity (Wildman–Crippen MR) is 101 cm³/mol. The van der Waals surface area contributed by atoms with E-state index >= 15 is 0 Å². The van der Waals surface area contributed by atoms with Crippen LogP contribution >= 0.6 is 0 Å². The van der Waals surface area contributed by atoms with E-state index in [4.69, 9.17) is 4.52 Å². The molecule has 0 bridgehead atoms. The Morgan fingerprint density at radius 2 is 1.92 bits per heavy atom. The molecule has 4 aromatic rings. The van der Waals surface area contributed by atoms with E-state index in [1.165, 1.54) is 5.39 Å². The van der Waals surface area contributed by atoms with E-state index in [1.54, 1.807) is 0 Å². The molecule has 1 unspecified atom stereocenters. The normalized spacial score (nSPS) is 18.1. The van der Waals surface area contributed by atoms with Gasteiger partial charge in [-0.1, -0.05) is 35.5 Å². The van der Waals surface area contributed by atoms with Crippen molar-refractivity contribution in [3.8, 4) is 0 Å². The number of para-hydroxylation sites is 2. The van der Waals surface area contributed by atoms with Crippen molar-refractivity contribution in [3.63, 3.8) is 0 Å². The molecule has 1 atom stereocenters. The van der Waals surface area contributed by atoms with E-state index < -0.39 is 0 Å². The number of nitrogens with zero attached hydrogens (tertiary/aromatic N) is 3. The van der Waals surface area contributed by atoms with E-state index in [0.717, 1.165) is 28.0 Å². The average molecular weight is 345 g/mol. The van der Waals surface area contributed by atoms with Crippen LogP contribution in [0.15, 0.2) is 59.1 Å². The van der Waals surface area contributed by atoms with Crippen LogP contribution in [0.25, 0.3) is 21.9 Å². The van der Waals surface area contributed by atoms with Crippen molar-refractivity contribution in [2.24, 2.45) is 0 Å². The highest BCUT2D eigenvalue weighted by molar-refractivity contribution is 5.90. The summed E-state index contributed by atoms with van der Waals surface area (Å²) in [4.78, 5) is 14.5. The van der Waals surface area contributed by atoms with Gasteiger partial charge in [0.2, 0.25) is 0 Å². The number of hydrogen-bond acceptors (Lipinski definition) is 4. The summed E-state index contributed by atoms with van der Waals surface area (Å²) in [5.74, 6) is 1.10. The zero-order valence-corrected chi connectivity index (χ0v) is 14.6. The SMILES string of the molecule is Cc1cc2ccccc2n1C1CC(=O)CCN1c1noc2ccccc12. The fourth-order valence-electron chi connectivity index (χ4n) is 4.08. The summed E-state index contributed by atoms with van der Waals surface area (Å²) < 4.78 is 7.79. The first-order valence-corrected chi connectivity index (χ1v) is 8.92. The lowest BCUT2D eigenvalue weighted by Crippen LogP contribution is -2.40. The Balaban J connectivity index is 1.69. The number of benzene rings is 2. The van der Waals surface area contributed by atoms with Crippen LogP contribution in [0.5, 0.6) is 0 Å². The Kier molecular flexibility index (Phi) is 3.35. The molecule has 2 aromatic heterocycles. The number of fused-ring (bicyclic) bond motifs is 2. The Hall–Kier alpha value is -3.08. The second-order valence-corrected chi connectivity index (χ2v) is 6.88. The van der Waals surface area contributed by atoms with Gasteiger partial charge in [-0.05, 0) is 36.6 Å². The number of Topliss-reactive ketones (excluding diaryl/α,β-unsaturated/α-hetero) is 1. The van der Waals surface area contributed by atoms with Crippen molar-refractivity contribution in [3.05, 3.63) is 60.3 Å². The first-order chi connectivity index (χ1) is 12.7. The minimum absolute atomic E-state index is 0.0929. The van der Waals surface area contributed by atoms with Gasteiger partial charge in [0.05, 0.1) is 10.9 Å². The molecule has 130 valence electrons. The highest BCUT2D eigenvalue weighted by Gasteiger charge is 2.32. The fraction of sp³-hybridized carbons (Fsp3) is 0.238. The van der Waals surface area contributed by atoms with Gasteiger partial charge in [-0.2, -0.15) is 0 Å². The van der Waals surface area contributed by atoms with Crippen LogP contribution < -0.4 is 4.90 Å². The van der Waals surface area contributed by atoms with E-state index in [-0.39, 0.29) is 11.9 Å². The summed E-state index contributed by atoms with van der Waals surface area (Å²) in [5.41, 5.74) is 3.05. The van der Waals surface area contributed by atoms with Crippen LogP contribution in [0.4, 0.5) is 5.82 Å². The molecular formula is C21H19N3O2. The van der Waals surface area contributed by atoms with Gasteiger partial charge in [0.15, 0.2) is 11.4 Å². The lowest BCUT2D eigenvalue weighted by Gasteiger charge is -2.37. The maximum Gasteiger partial charge on any atom is 0.181 e. The highest BCUT2D eigenvalue weighted by Crippen LogP contribution is 2.37. The van der Waals surface area contributed by atoms with Crippen LogP contribution in [0.2, 0.25) is 0 Å². The Morgan fingerprint density at radius 3 is 2.85 bits per heavy atom. The van der Waals surface area contributed by atoms with Gasteiger partial charge in [0, 0.05) is 25.1 Å². The van der Waals surface area contributed by atoms with Crippen LogP contribution in [-0.2, 0) is 4.79 Å². The van der Waals surface area contributed by atoms with Gasteiger partial charge >= 0.3 is 0 Å². The maximum absolute atomic E-state index is 12.3. The summed E-state index contributed by atoms with van der Waals surface area (Å²) in [7, 11) is 0. The third-order valence-corrected chi connectivity index (χ3v) is 5.27. The predicted octanol–water partition coefficient (Wildman–Crippen LogP) is 4.46. The molecule has 5 nitrogen and oxygen atoms in total. The molecule has 1 fully saturated rings. The number of anilines is 1. The van der Waals surface area contributed by atoms with Crippen LogP contribution in [0.1, 0.15) is 24.7 Å². The third-order valence-electron chi connectivity index (χ3n) is 5.27. The summed E-state index contributed by atoms with van der Waals surface area (Å²) in [6, 6.07) is 18.4. The topological polar surface area (TPSA) is 51.3 Å². The largest absolute Gasteiger partial charge is 0.354 e. The number of aryl methyl sites for hydroxylation is 1. The van der Waals surface area contributed by atoms with Crippen LogP contribution in [-0.4, -0.2) is 22.1 Å². The molecule has 5 rings (SSSR count). The summed E-state index contributed by atoms with van der Waals surface area (Å²) in [6.07, 6.45) is 0.918. The molecule has 5 heteroatoms. The Morgan fingerprint density at radius 1 is 1.12 bits per heavy atom. The highest BCUT2D eigenvalue weighted by atomic mass is 16.5. The van der Waals surface area contributed by atoms with E-state index in [0.29, 0.717) is 19.4 Å². The molecule has 0 saturated carbocycles. The van der Waals surface area contributed by atoms with Gasteiger partial charge in [-0.15, -0.1) is 0 Å². The number of rotatable bonds is 2. The molecule has 26 heavy (non-hydrogen) atoms. The van der Waals surface area contributed by atoms with Crippen molar-refractivity contribution < 1.29 is 9.32 Å². The lowest BCUT2D eigenvalue weighted by atomic mass is 10.0. The molecule has 1 aliphatic rings. The Labute approximate surface area is 150 Å². The molecule has 3 heterocycles. The minimum Gasteiger partial charge on any atom is -0.354 e. The summed E-state index contributed by atoms with van der Waals surface area (Å²) in [5, 5.41) is 6.52. The first-order valence-electron chi connectivity index (χ1n) is 8.92. The summed E-state index contributed by atoms with van der Waals surface area (Å²) in [6.45, 7) is 2.74. The van der Waals surface area contributed by atoms with Crippen LogP contribution in [0.3, 0.4) is 0 Å². The van der Waals surface area contributed by atoms with E-state index in [9.17, 15) is 4.79 Å². The molecule has 0 spiro atoms. The standard InChI is InChI=1S/C21H19N3O2/c1-14-12-15-6-2-4-8-18(15)24(14)20-13-16(25)10-11-23(20)21-17-7-3-5-9-19(17)26-22-21/h2-9,12,20H,10-11,13H2,1H3. The van der Waals surface area contributed by atoms with Crippen molar-refractivity contribution in [2.75, 3.05) is 11.4 Å². The molecule has 0 radical (unpaired) electrons. The van der Waals surface area contributed by atoms with Gasteiger partial charge in [-0.25, -0.2) is 0 Å². The van der Waals surface area contributed by atoms with Crippen molar-refractivity contribution >= 4 is 33.5 Å². The Bertz CT molecular complexity index is 1120. The fourth-order valence-corrected chi connectivity index (χ4v) is 4.08. The van der Waals surface area contributed by atoms with Gasteiger partial charge in [-0.3, -0.25) is 4.79 Å². The molecule has 1 saturated heterocycles. The number of carbonyl (C=O) groups is 1. The van der Waals surface area contributed by atoms with Crippen molar-refractivity contribution in [1.29, 1.82) is 0 Å². The number of hydrogen-bond donors (Lipinski definition) is 0. The van der Waals surface area contributed by atoms with Crippen molar-refractivity contribution in [2.45, 2.75) is 25.9 Å². The average Bonchev–Trinajstić information content (AvgIpc) is 3.22. The number of aromatic nitrogens is 2. The third kappa shape index (κ3) is 2.24. The first kappa shape index (κ1) is 15.2. The van der Waals surface area contributed by atoms with E-state index in [1.807, 2.05) is 36.4 Å². The molecule has 0 amide bonds. The quantitative estimate of drug-likeness (QED) is 0.538. The number of ketones is 1. The van der Waals surface area contributed by atoms with Gasteiger partial charge < -0.3 is 14.0 Å². The molecule has 1 aliphatic heterocycles. The molecule has 0 N–H and O–H groups in total. The monoisotopic (exact) mass is 345 g/mol. The zero-order valence-electron chi connectivity index (χ0n) is 14.6. The van der Waals surface area contributed by atoms with Gasteiger partial charge in [0.1, 0.15) is 11.9 Å². The van der Waals surface area contributed by atoms with Crippen molar-refractivity contribution in [1.82, 2.24) is 9.72 Å². The summed E-state index contributed by atoms with van der Waals surface area (Å²) >= 11 is 0. The van der Waals surface area contributed by atoms with E-state index in [2.05, 4.69) is 39.7 Å². The smallest absolute Gasteiger partial charge is 0.181 e. The maximum atomic E-state index is 12.3. The number of piperidine rings is 1. The van der Waals surface area contributed by atoms with Gasteiger partial charge in [0.25, 0.3) is 0 Å².